The maximum Gasteiger partial charge on any atom is 0.136 e. The summed E-state index contributed by atoms with van der Waals surface area (Å²) >= 11 is 0. The minimum atomic E-state index is -0.554. The first-order valence-corrected chi connectivity index (χ1v) is 18.6. The van der Waals surface area contributed by atoms with Gasteiger partial charge in [-0.1, -0.05) is 0 Å². The van der Waals surface area contributed by atoms with Crippen LogP contribution in [0.4, 0.5) is 0 Å². The zero-order valence-corrected chi connectivity index (χ0v) is 30.0. The summed E-state index contributed by atoms with van der Waals surface area (Å²) in [5.74, 6) is 6.76. The summed E-state index contributed by atoms with van der Waals surface area (Å²) in [4.78, 5) is 13.8. The van der Waals surface area contributed by atoms with Crippen molar-refractivity contribution in [3.05, 3.63) is 140 Å². The average Bonchev–Trinajstić information content (AvgIpc) is 3.21. The van der Waals surface area contributed by atoms with E-state index in [2.05, 4.69) is 35.1 Å². The molecule has 276 valence electrons. The van der Waals surface area contributed by atoms with E-state index in [9.17, 15) is 0 Å². The van der Waals surface area contributed by atoms with Gasteiger partial charge < -0.3 is 45.6 Å². The second kappa shape index (κ2) is 10.4. The van der Waals surface area contributed by atoms with Crippen LogP contribution in [0.3, 0.4) is 0 Å². The van der Waals surface area contributed by atoms with Gasteiger partial charge in [-0.2, -0.15) is 0 Å². The minimum Gasteiger partial charge on any atom is -0.456 e. The average molecular weight is 751 g/mol. The Morgan fingerprint density at radius 2 is 0.439 bits per heavy atom. The zero-order chi connectivity index (χ0) is 38.2. The highest BCUT2D eigenvalue weighted by atomic mass is 16.5. The molecule has 0 saturated carbocycles. The van der Waals surface area contributed by atoms with Crippen molar-refractivity contribution in [3.8, 4) is 69.0 Å². The highest BCUT2D eigenvalue weighted by Gasteiger charge is 2.40. The van der Waals surface area contributed by atoms with Gasteiger partial charge in [0.25, 0.3) is 0 Å². The second-order valence-corrected chi connectivity index (χ2v) is 15.4. The van der Waals surface area contributed by atoms with Crippen LogP contribution in [0.25, 0.3) is 0 Å². The van der Waals surface area contributed by atoms with E-state index in [1.807, 2.05) is 72.8 Å². The van der Waals surface area contributed by atoms with Crippen LogP contribution in [0.2, 0.25) is 0 Å². The SMILES string of the molecule is C=NC1c2cc3c4cc2Oc2cc5c(cc21)C(N)c1cc2c(cc1O5)Oc1cc5c(cc1C2N=C)C(N)c1cc2c(cc1O5)Oc1cc(c(cc1C2N=C)C3N)O4. The van der Waals surface area contributed by atoms with Crippen LogP contribution >= 0.6 is 0 Å². The normalized spacial score (nSPS) is 23.0. The lowest BCUT2D eigenvalue weighted by Crippen LogP contribution is -2.23. The molecule has 12 rings (SSSR count). The van der Waals surface area contributed by atoms with Gasteiger partial charge in [-0.05, 0) is 56.6 Å². The van der Waals surface area contributed by atoms with Gasteiger partial charge >= 0.3 is 0 Å². The molecule has 0 radical (unpaired) electrons. The number of nitrogens with zero attached hydrogens (tertiary/aromatic N) is 3. The van der Waals surface area contributed by atoms with Crippen molar-refractivity contribution < 1.29 is 28.4 Å². The van der Waals surface area contributed by atoms with Gasteiger partial charge in [-0.15, -0.1) is 0 Å². The number of benzene rings is 6. The van der Waals surface area contributed by atoms with Crippen LogP contribution in [0.1, 0.15) is 103 Å². The molecule has 0 saturated heterocycles. The number of hydrogen-bond acceptors (Lipinski definition) is 12. The highest BCUT2D eigenvalue weighted by Crippen LogP contribution is 2.59. The third-order valence-electron chi connectivity index (χ3n) is 12.5. The molecule has 6 heterocycles. The largest absolute Gasteiger partial charge is 0.456 e. The third-order valence-corrected chi connectivity index (χ3v) is 12.5. The molecule has 0 fully saturated rings. The molecule has 0 spiro atoms. The Labute approximate surface area is 324 Å². The molecule has 6 aliphatic heterocycles. The van der Waals surface area contributed by atoms with Crippen LogP contribution in [-0.2, 0) is 0 Å². The van der Waals surface area contributed by atoms with Crippen molar-refractivity contribution >= 4 is 20.2 Å². The Bertz CT molecular complexity index is 2480. The monoisotopic (exact) mass is 750 g/mol. The van der Waals surface area contributed by atoms with Crippen molar-refractivity contribution in [2.45, 2.75) is 36.3 Å². The topological polar surface area (TPSA) is 171 Å². The summed E-state index contributed by atoms with van der Waals surface area (Å²) in [6.07, 6.45) is 0. The third kappa shape index (κ3) is 3.88. The molecule has 0 unspecified atom stereocenters. The number of ether oxygens (including phenoxy) is 6. The van der Waals surface area contributed by atoms with Gasteiger partial charge in [0.05, 0.1) is 18.1 Å². The Kier molecular flexibility index (Phi) is 5.72. The van der Waals surface area contributed by atoms with Crippen LogP contribution in [0, 0.1) is 0 Å². The number of aliphatic imine (C=N–C) groups is 3. The highest BCUT2D eigenvalue weighted by molar-refractivity contribution is 5.71. The van der Waals surface area contributed by atoms with Crippen molar-refractivity contribution in [3.63, 3.8) is 0 Å². The number of hydrogen-bond donors (Lipinski definition) is 3. The van der Waals surface area contributed by atoms with Crippen LogP contribution in [0.5, 0.6) is 69.0 Å². The number of fused-ring (bicyclic) bond motifs is 12. The quantitative estimate of drug-likeness (QED) is 0.149. The smallest absolute Gasteiger partial charge is 0.136 e. The molecule has 57 heavy (non-hydrogen) atoms. The maximum atomic E-state index is 7.11. The van der Waals surface area contributed by atoms with Gasteiger partial charge in [0.15, 0.2) is 0 Å². The van der Waals surface area contributed by atoms with Crippen molar-refractivity contribution in [2.75, 3.05) is 0 Å². The maximum absolute atomic E-state index is 7.11. The molecule has 12 heteroatoms. The molecule has 0 atom stereocenters. The first kappa shape index (κ1) is 31.2. The molecule has 12 nitrogen and oxygen atoms in total. The van der Waals surface area contributed by atoms with Crippen LogP contribution < -0.4 is 45.6 Å². The predicted octanol–water partition coefficient (Wildman–Crippen LogP) is 9.15. The molecule has 0 aliphatic carbocycles. The van der Waals surface area contributed by atoms with E-state index >= 15 is 0 Å². The fourth-order valence-electron chi connectivity index (χ4n) is 9.68. The van der Waals surface area contributed by atoms with Crippen LogP contribution in [0.15, 0.2) is 87.8 Å². The number of rotatable bonds is 3. The summed E-state index contributed by atoms with van der Waals surface area (Å²) in [7, 11) is 0. The Morgan fingerprint density at radius 1 is 0.281 bits per heavy atom. The van der Waals surface area contributed by atoms with Crippen molar-refractivity contribution in [1.82, 2.24) is 0 Å². The molecular weight excluding hydrogens is 721 g/mol. The summed E-state index contributed by atoms with van der Waals surface area (Å²) in [6, 6.07) is 20.0. The van der Waals surface area contributed by atoms with Crippen molar-refractivity contribution in [2.24, 2.45) is 32.2 Å². The molecule has 6 aromatic rings. The molecular formula is C45H30N6O6. The van der Waals surface area contributed by atoms with Crippen molar-refractivity contribution in [1.29, 1.82) is 0 Å². The predicted molar refractivity (Wildman–Crippen MR) is 211 cm³/mol. The van der Waals surface area contributed by atoms with Gasteiger partial charge in [0.2, 0.25) is 0 Å². The summed E-state index contributed by atoms with van der Waals surface area (Å²) in [6.45, 7) is 12.0. The van der Waals surface area contributed by atoms with E-state index in [0.717, 1.165) is 66.8 Å². The van der Waals surface area contributed by atoms with E-state index in [1.165, 1.54) is 0 Å². The first-order valence-electron chi connectivity index (χ1n) is 18.6. The van der Waals surface area contributed by atoms with E-state index in [1.54, 1.807) is 0 Å². The van der Waals surface area contributed by atoms with E-state index in [0.29, 0.717) is 69.0 Å². The Morgan fingerprint density at radius 3 is 0.596 bits per heavy atom. The summed E-state index contributed by atoms with van der Waals surface area (Å²) < 4.78 is 39.6. The molecule has 6 aromatic carbocycles. The van der Waals surface area contributed by atoms with Crippen LogP contribution in [-0.4, -0.2) is 20.2 Å². The molecule has 0 bridgehead atoms. The van der Waals surface area contributed by atoms with E-state index in [4.69, 9.17) is 45.6 Å². The minimum absolute atomic E-state index is 0.482. The number of nitrogens with two attached hydrogens (primary N) is 3. The fraction of sp³-hybridized carbons (Fsp3) is 0.133. The fourth-order valence-corrected chi connectivity index (χ4v) is 9.68. The van der Waals surface area contributed by atoms with Gasteiger partial charge in [0, 0.05) is 103 Å². The lowest BCUT2D eigenvalue weighted by molar-refractivity contribution is 0.399. The van der Waals surface area contributed by atoms with E-state index < -0.39 is 36.3 Å². The summed E-state index contributed by atoms with van der Waals surface area (Å²) in [5, 5.41) is 0. The molecule has 6 N–H and O–H groups in total. The van der Waals surface area contributed by atoms with Gasteiger partial charge in [-0.25, -0.2) is 0 Å². The standard InChI is InChI=1S/C45H30N6O6/c1-49-43-22-4-16-28-10-34(22)55-35-11-29-17(5-23(35)43)41(47)19-7-25-37(13-31(19)53-29)57-39-15-33-21(9-27(39)45(25)51-3)42(48)20-8-26-38(14-32(20)54-33)56-36-12-30(52-28)18(40(16)46)6-24(36)44(26)50-2/h4-15,40-45H,1-3,46-48H2. The van der Waals surface area contributed by atoms with E-state index in [-0.39, 0.29) is 0 Å². The molecule has 6 aliphatic rings. The zero-order valence-electron chi connectivity index (χ0n) is 30.0. The first-order chi connectivity index (χ1) is 27.8. The molecule has 0 aromatic heterocycles. The van der Waals surface area contributed by atoms with Gasteiger partial charge in [0.1, 0.15) is 87.1 Å². The Balaban J connectivity index is 1.06. The lowest BCUT2D eigenvalue weighted by Gasteiger charge is -2.35. The Hall–Kier alpha value is -6.99. The molecule has 0 amide bonds. The van der Waals surface area contributed by atoms with Gasteiger partial charge in [-0.3, -0.25) is 15.0 Å². The summed E-state index contributed by atoms with van der Waals surface area (Å²) in [5.41, 5.74) is 30.8. The second-order valence-electron chi connectivity index (χ2n) is 15.4. The lowest BCUT2D eigenvalue weighted by atomic mass is 9.83.